The van der Waals surface area contributed by atoms with Crippen LogP contribution in [0.25, 0.3) is 0 Å². The summed E-state index contributed by atoms with van der Waals surface area (Å²) in [7, 11) is -2.78. The minimum Gasteiger partial charge on any atom is -0.469 e. The highest BCUT2D eigenvalue weighted by molar-refractivity contribution is 7.38. The van der Waals surface area contributed by atoms with Gasteiger partial charge in [0, 0.05) is 6.54 Å². The quantitative estimate of drug-likeness (QED) is 0.189. The van der Waals surface area contributed by atoms with Gasteiger partial charge in [0.15, 0.2) is 14.3 Å². The Bertz CT molecular complexity index is 1100. The van der Waals surface area contributed by atoms with Crippen LogP contribution in [0, 0.1) is 5.41 Å². The predicted molar refractivity (Wildman–Crippen MR) is 147 cm³/mol. The van der Waals surface area contributed by atoms with Crippen LogP contribution in [0.1, 0.15) is 76.2 Å². The highest BCUT2D eigenvalue weighted by atomic mass is 31.1. The van der Waals surface area contributed by atoms with Gasteiger partial charge < -0.3 is 14.5 Å². The fourth-order valence-corrected chi connectivity index (χ4v) is 5.93. The van der Waals surface area contributed by atoms with Gasteiger partial charge in [0.2, 0.25) is 5.91 Å². The van der Waals surface area contributed by atoms with Crippen LogP contribution < -0.4 is 4.74 Å². The molecule has 37 heavy (non-hydrogen) atoms. The second-order valence-corrected chi connectivity index (χ2v) is 10.9. The Hall–Kier alpha value is -2.89. The van der Waals surface area contributed by atoms with Gasteiger partial charge in [0.25, 0.3) is 0 Å². The van der Waals surface area contributed by atoms with Crippen LogP contribution in [0.2, 0.25) is 0 Å². The molecule has 0 spiro atoms. The second-order valence-electron chi connectivity index (χ2n) is 9.56. The monoisotopic (exact) mass is 526 g/mol. The van der Waals surface area contributed by atoms with Gasteiger partial charge in [-0.2, -0.15) is 0 Å². The van der Waals surface area contributed by atoms with Gasteiger partial charge >= 0.3 is 6.03 Å². The summed E-state index contributed by atoms with van der Waals surface area (Å²) in [5.41, 5.74) is 0.427. The molecule has 1 aliphatic rings. The summed E-state index contributed by atoms with van der Waals surface area (Å²) in [6, 6.07) is 16.2. The number of imide groups is 1. The van der Waals surface area contributed by atoms with Gasteiger partial charge in [0.1, 0.15) is 11.2 Å². The molecular weight excluding hydrogens is 487 g/mol. The van der Waals surface area contributed by atoms with Gasteiger partial charge in [-0.1, -0.05) is 69.3 Å². The lowest BCUT2D eigenvalue weighted by molar-refractivity contribution is -0.192. The van der Waals surface area contributed by atoms with Crippen LogP contribution in [-0.2, 0) is 9.36 Å². The molecule has 0 radical (unpaired) electrons. The number of carbonyl (C=O) groups excluding carboxylic acids is 2. The van der Waals surface area contributed by atoms with Crippen LogP contribution in [0.3, 0.4) is 0 Å². The van der Waals surface area contributed by atoms with E-state index in [1.54, 1.807) is 35.2 Å². The number of β-lactam (4-membered cyclic amide) rings is 1. The third-order valence-corrected chi connectivity index (χ3v) is 8.68. The van der Waals surface area contributed by atoms with E-state index >= 15 is 0 Å². The summed E-state index contributed by atoms with van der Waals surface area (Å²) in [6.45, 7) is 12.1. The molecule has 1 heterocycles. The first-order valence-corrected chi connectivity index (χ1v) is 14.5. The number of likely N-dealkylation sites (tertiary alicyclic amines) is 1. The Kier molecular flexibility index (Phi) is 9.74. The highest BCUT2D eigenvalue weighted by Crippen LogP contribution is 2.47. The summed E-state index contributed by atoms with van der Waals surface area (Å²) in [5, 5.41) is 0. The number of urea groups is 1. The maximum atomic E-state index is 13.8. The normalized spacial score (nSPS) is 18.9. The van der Waals surface area contributed by atoms with Crippen molar-refractivity contribution < 1.29 is 23.8 Å². The molecule has 1 saturated heterocycles. The number of hydrogen-bond donors (Lipinski definition) is 1. The maximum absolute atomic E-state index is 13.8. The van der Waals surface area contributed by atoms with Crippen LogP contribution >= 0.6 is 8.03 Å². The molecule has 7 nitrogen and oxygen atoms in total. The third-order valence-electron chi connectivity index (χ3n) is 7.51. The summed E-state index contributed by atoms with van der Waals surface area (Å²) < 4.78 is 18.1. The average Bonchev–Trinajstić information content (AvgIpc) is 2.91. The molecule has 0 aliphatic carbocycles. The van der Waals surface area contributed by atoms with Crippen molar-refractivity contribution in [2.75, 3.05) is 6.54 Å². The number of benzene rings is 2. The summed E-state index contributed by atoms with van der Waals surface area (Å²) in [6.07, 6.45) is 3.14. The smallest absolute Gasteiger partial charge is 0.330 e. The molecule has 2 aromatic rings. The fourth-order valence-electron chi connectivity index (χ4n) is 5.09. The fraction of sp³-hybridized carbons (Fsp3) is 0.448. The van der Waals surface area contributed by atoms with Crippen molar-refractivity contribution in [1.29, 1.82) is 0 Å². The molecule has 1 aliphatic heterocycles. The van der Waals surface area contributed by atoms with E-state index in [1.165, 1.54) is 4.90 Å². The highest BCUT2D eigenvalue weighted by Gasteiger charge is 2.63. The van der Waals surface area contributed by atoms with E-state index in [0.29, 0.717) is 31.6 Å². The average molecular weight is 527 g/mol. The number of nitrogens with zero attached hydrogens (tertiary/aromatic N) is 2. The van der Waals surface area contributed by atoms with Gasteiger partial charge in [-0.25, -0.2) is 9.69 Å². The lowest BCUT2D eigenvalue weighted by Gasteiger charge is -2.54. The van der Waals surface area contributed by atoms with E-state index in [2.05, 4.69) is 6.58 Å². The van der Waals surface area contributed by atoms with Crippen molar-refractivity contribution in [2.45, 2.75) is 71.3 Å². The predicted octanol–water partition coefficient (Wildman–Crippen LogP) is 6.72. The van der Waals surface area contributed by atoms with Crippen molar-refractivity contribution in [1.82, 2.24) is 9.80 Å². The molecular formula is C29H39N2O5P. The summed E-state index contributed by atoms with van der Waals surface area (Å²) >= 11 is 0. The summed E-state index contributed by atoms with van der Waals surface area (Å²) in [5.74, 6) is 0.286. The van der Waals surface area contributed by atoms with Crippen LogP contribution in [0.4, 0.5) is 4.79 Å². The molecule has 4 atom stereocenters. The topological polar surface area (TPSA) is 87.2 Å². The standard InChI is InChI=1S/C29H39N2O5P/c1-6-13-25(37(34)35)23-16-18-24(19-17-23)36-27-29(8-3,9-4)26(32)31(27)28(33)30(20-7-2)21(5)22-14-11-10-12-15-22/h6,10-12,14-19,21,25,27,37H,1,7-9,13,20H2,2-5H3,(H,34,35)/t21-,25?,27+/m1/s1. The maximum Gasteiger partial charge on any atom is 0.330 e. The molecule has 1 N–H and O–H groups in total. The molecule has 0 aromatic heterocycles. The minimum atomic E-state index is -2.78. The number of rotatable bonds is 12. The van der Waals surface area contributed by atoms with E-state index in [-0.39, 0.29) is 18.0 Å². The zero-order valence-corrected chi connectivity index (χ0v) is 23.2. The first kappa shape index (κ1) is 28.7. The number of amides is 3. The van der Waals surface area contributed by atoms with Crippen LogP contribution in [-0.4, -0.2) is 39.4 Å². The largest absolute Gasteiger partial charge is 0.469 e. The number of carbonyl (C=O) groups is 2. The molecule has 8 heteroatoms. The van der Waals surface area contributed by atoms with E-state index in [1.807, 2.05) is 58.0 Å². The van der Waals surface area contributed by atoms with Crippen molar-refractivity contribution in [3.63, 3.8) is 0 Å². The molecule has 200 valence electrons. The number of allylic oxidation sites excluding steroid dienone is 1. The van der Waals surface area contributed by atoms with Crippen molar-refractivity contribution in [3.05, 3.63) is 78.4 Å². The van der Waals surface area contributed by atoms with E-state index in [9.17, 15) is 19.0 Å². The molecule has 2 aromatic carbocycles. The lowest BCUT2D eigenvalue weighted by Crippen LogP contribution is -2.74. The molecule has 3 rings (SSSR count). The van der Waals surface area contributed by atoms with Gasteiger partial charge in [-0.3, -0.25) is 9.36 Å². The Labute approximate surface area is 221 Å². The van der Waals surface area contributed by atoms with Crippen molar-refractivity contribution in [2.24, 2.45) is 5.41 Å². The van der Waals surface area contributed by atoms with Crippen molar-refractivity contribution >= 4 is 20.0 Å². The Balaban J connectivity index is 1.89. The number of hydrogen-bond acceptors (Lipinski definition) is 4. The van der Waals surface area contributed by atoms with Crippen molar-refractivity contribution in [3.8, 4) is 5.75 Å². The van der Waals surface area contributed by atoms with E-state index in [4.69, 9.17) is 4.74 Å². The Morgan fingerprint density at radius 1 is 1.14 bits per heavy atom. The number of ether oxygens (including phenoxy) is 1. The van der Waals surface area contributed by atoms with E-state index in [0.717, 1.165) is 17.5 Å². The zero-order valence-electron chi connectivity index (χ0n) is 22.2. The minimum absolute atomic E-state index is 0.206. The third kappa shape index (κ3) is 5.68. The van der Waals surface area contributed by atoms with Gasteiger partial charge in [0.05, 0.1) is 11.7 Å². The molecule has 2 unspecified atom stereocenters. The van der Waals surface area contributed by atoms with Gasteiger partial charge in [-0.15, -0.1) is 6.58 Å². The Morgan fingerprint density at radius 2 is 1.76 bits per heavy atom. The first-order valence-electron chi connectivity index (χ1n) is 13.0. The first-order chi connectivity index (χ1) is 17.7. The molecule has 3 amide bonds. The van der Waals surface area contributed by atoms with E-state index < -0.39 is 25.3 Å². The lowest BCUT2D eigenvalue weighted by atomic mass is 9.72. The molecule has 0 bridgehead atoms. The Morgan fingerprint density at radius 3 is 2.27 bits per heavy atom. The molecule has 0 saturated carbocycles. The van der Waals surface area contributed by atoms with Gasteiger partial charge in [-0.05, 0) is 55.9 Å². The molecule has 1 fully saturated rings. The second kappa shape index (κ2) is 12.6. The summed E-state index contributed by atoms with van der Waals surface area (Å²) in [4.78, 5) is 40.0. The zero-order chi connectivity index (χ0) is 27.2. The van der Waals surface area contributed by atoms with Crippen LogP contribution in [0.15, 0.2) is 67.3 Å². The van der Waals surface area contributed by atoms with Crippen LogP contribution in [0.5, 0.6) is 5.75 Å². The SMILES string of the molecule is C=CCC(c1ccc(O[C@@H]2N(C(=O)N(CCC)[C@H](C)c3ccccc3)C(=O)C2(CC)CC)cc1)[PH](=O)O.